The summed E-state index contributed by atoms with van der Waals surface area (Å²) in [6, 6.07) is 5.32. The zero-order chi connectivity index (χ0) is 9.42. The third-order valence-corrected chi connectivity index (χ3v) is 1.86. The molecule has 2 aromatic rings. The maximum atomic E-state index is 13.1. The molecular weight excluding hydrogens is 195 g/mol. The summed E-state index contributed by atoms with van der Waals surface area (Å²) < 4.78 is 17.8. The Morgan fingerprint density at radius 1 is 1.31 bits per heavy atom. The topological polar surface area (TPSA) is 30.2 Å². The fourth-order valence-corrected chi connectivity index (χ4v) is 1.32. The van der Waals surface area contributed by atoms with Crippen molar-refractivity contribution in [3.05, 3.63) is 45.5 Å². The molecule has 1 heterocycles. The summed E-state index contributed by atoms with van der Waals surface area (Å²) in [6.07, 6.45) is 0. The largest absolute Gasteiger partial charge is 0.420 e. The van der Waals surface area contributed by atoms with E-state index in [-0.39, 0.29) is 10.6 Å². The van der Waals surface area contributed by atoms with Crippen LogP contribution in [0.15, 0.2) is 33.5 Å². The molecule has 1 aromatic carbocycles. The maximum absolute atomic E-state index is 13.1. The number of hydrogen-bond acceptors (Lipinski definition) is 2. The molecule has 0 atom stereocenters. The predicted octanol–water partition coefficient (Wildman–Crippen LogP) is 2.59. The van der Waals surface area contributed by atoms with Crippen LogP contribution in [-0.4, -0.2) is 0 Å². The van der Waals surface area contributed by atoms with Crippen LogP contribution in [-0.2, 0) is 0 Å². The summed E-state index contributed by atoms with van der Waals surface area (Å²) in [5, 5.41) is 0.753. The molecule has 1 aromatic heterocycles. The van der Waals surface area contributed by atoms with Crippen LogP contribution in [0, 0.1) is 5.82 Å². The average molecular weight is 199 g/mol. The van der Waals surface area contributed by atoms with Crippen LogP contribution in [0.1, 0.15) is 0 Å². The molecule has 0 aliphatic rings. The molecule has 2 nitrogen and oxygen atoms in total. The Bertz CT molecular complexity index is 518. The smallest absolute Gasteiger partial charge is 0.336 e. The molecular formula is C9H4ClFO2. The number of hydrogen-bond donors (Lipinski definition) is 0. The highest BCUT2D eigenvalue weighted by molar-refractivity contribution is 6.31. The minimum Gasteiger partial charge on any atom is -0.420 e. The zero-order valence-electron chi connectivity index (χ0n) is 6.38. The van der Waals surface area contributed by atoms with Crippen LogP contribution >= 0.6 is 11.6 Å². The van der Waals surface area contributed by atoms with Crippen LogP contribution in [0.2, 0.25) is 5.02 Å². The summed E-state index contributed by atoms with van der Waals surface area (Å²) in [6.45, 7) is 0. The molecule has 0 amide bonds. The van der Waals surface area contributed by atoms with Gasteiger partial charge >= 0.3 is 5.63 Å². The summed E-state index contributed by atoms with van der Waals surface area (Å²) in [4.78, 5) is 10.8. The van der Waals surface area contributed by atoms with E-state index in [1.165, 1.54) is 18.2 Å². The third-order valence-electron chi connectivity index (χ3n) is 1.64. The van der Waals surface area contributed by atoms with Crippen LogP contribution in [0.3, 0.4) is 0 Å². The van der Waals surface area contributed by atoms with Gasteiger partial charge in [0, 0.05) is 16.5 Å². The highest BCUT2D eigenvalue weighted by Crippen LogP contribution is 2.21. The summed E-state index contributed by atoms with van der Waals surface area (Å²) in [5.74, 6) is -0.625. The van der Waals surface area contributed by atoms with E-state index in [4.69, 9.17) is 11.6 Å². The van der Waals surface area contributed by atoms with Gasteiger partial charge in [0.1, 0.15) is 0 Å². The highest BCUT2D eigenvalue weighted by atomic mass is 35.5. The zero-order valence-corrected chi connectivity index (χ0v) is 7.14. The molecule has 13 heavy (non-hydrogen) atoms. The van der Waals surface area contributed by atoms with Gasteiger partial charge in [-0.05, 0) is 18.2 Å². The van der Waals surface area contributed by atoms with Gasteiger partial charge in [-0.3, -0.25) is 0 Å². The van der Waals surface area contributed by atoms with Gasteiger partial charge in [-0.1, -0.05) is 11.6 Å². The van der Waals surface area contributed by atoms with Gasteiger partial charge in [-0.25, -0.2) is 9.18 Å². The first kappa shape index (κ1) is 8.26. The summed E-state index contributed by atoms with van der Waals surface area (Å²) in [5.41, 5.74) is -0.634. The normalized spacial score (nSPS) is 10.6. The second kappa shape index (κ2) is 2.85. The third kappa shape index (κ3) is 1.42. The quantitative estimate of drug-likeness (QED) is 0.609. The second-order valence-electron chi connectivity index (χ2n) is 2.56. The molecule has 0 N–H and O–H groups in total. The van der Waals surface area contributed by atoms with Crippen molar-refractivity contribution >= 4 is 22.6 Å². The average Bonchev–Trinajstić information content (AvgIpc) is 2.06. The van der Waals surface area contributed by atoms with Crippen LogP contribution in [0.4, 0.5) is 4.39 Å². The summed E-state index contributed by atoms with van der Waals surface area (Å²) in [7, 11) is 0. The molecule has 0 unspecified atom stereocenters. The van der Waals surface area contributed by atoms with Crippen molar-refractivity contribution in [2.24, 2.45) is 0 Å². The monoisotopic (exact) mass is 198 g/mol. The van der Waals surface area contributed by atoms with Crippen LogP contribution < -0.4 is 5.63 Å². The van der Waals surface area contributed by atoms with Gasteiger partial charge in [0.15, 0.2) is 11.4 Å². The van der Waals surface area contributed by atoms with Crippen LogP contribution in [0.25, 0.3) is 11.0 Å². The van der Waals surface area contributed by atoms with Gasteiger partial charge in [0.2, 0.25) is 0 Å². The predicted molar refractivity (Wildman–Crippen MR) is 47.5 cm³/mol. The molecule has 0 fully saturated rings. The van der Waals surface area contributed by atoms with Gasteiger partial charge in [-0.2, -0.15) is 0 Å². The van der Waals surface area contributed by atoms with E-state index in [0.29, 0.717) is 5.39 Å². The fraction of sp³-hybridized carbons (Fsp3) is 0. The van der Waals surface area contributed by atoms with E-state index in [9.17, 15) is 9.18 Å². The van der Waals surface area contributed by atoms with Crippen molar-refractivity contribution in [3.63, 3.8) is 0 Å². The van der Waals surface area contributed by atoms with Crippen molar-refractivity contribution in [1.82, 2.24) is 0 Å². The van der Waals surface area contributed by atoms with Gasteiger partial charge < -0.3 is 4.42 Å². The molecule has 0 saturated carbocycles. The Morgan fingerprint density at radius 2 is 2.08 bits per heavy atom. The second-order valence-corrected chi connectivity index (χ2v) is 3.00. The number of benzene rings is 1. The van der Waals surface area contributed by atoms with E-state index in [1.54, 1.807) is 0 Å². The van der Waals surface area contributed by atoms with Crippen molar-refractivity contribution < 1.29 is 8.81 Å². The number of halogens is 2. The molecule has 66 valence electrons. The Kier molecular flexibility index (Phi) is 1.81. The van der Waals surface area contributed by atoms with Gasteiger partial charge in [0.25, 0.3) is 0 Å². The number of rotatable bonds is 0. The van der Waals surface area contributed by atoms with Crippen LogP contribution in [0.5, 0.6) is 0 Å². The van der Waals surface area contributed by atoms with Gasteiger partial charge in [0.05, 0.1) is 0 Å². The first-order chi connectivity index (χ1) is 6.16. The minimum atomic E-state index is -0.625. The van der Waals surface area contributed by atoms with Crippen molar-refractivity contribution in [3.8, 4) is 0 Å². The molecule has 0 aliphatic carbocycles. The standard InChI is InChI=1S/C9H4ClFO2/c10-6-3-5-1-2-8(12)13-9(5)7(11)4-6/h1-4H. The van der Waals surface area contributed by atoms with Crippen molar-refractivity contribution in [2.75, 3.05) is 0 Å². The molecule has 2 rings (SSSR count). The fourth-order valence-electron chi connectivity index (χ4n) is 1.10. The van der Waals surface area contributed by atoms with Gasteiger partial charge in [-0.15, -0.1) is 0 Å². The maximum Gasteiger partial charge on any atom is 0.336 e. The van der Waals surface area contributed by atoms with E-state index in [1.807, 2.05) is 0 Å². The first-order valence-corrected chi connectivity index (χ1v) is 3.93. The lowest BCUT2D eigenvalue weighted by atomic mass is 10.2. The Hall–Kier alpha value is -1.35. The minimum absolute atomic E-state index is 0.0584. The van der Waals surface area contributed by atoms with E-state index < -0.39 is 11.4 Å². The molecule has 0 spiro atoms. The van der Waals surface area contributed by atoms with E-state index in [0.717, 1.165) is 6.07 Å². The Balaban J connectivity index is 2.95. The molecule has 0 bridgehead atoms. The molecule has 0 radical (unpaired) electrons. The summed E-state index contributed by atoms with van der Waals surface area (Å²) >= 11 is 5.60. The number of fused-ring (bicyclic) bond motifs is 1. The Morgan fingerprint density at radius 3 is 2.85 bits per heavy atom. The lowest BCUT2D eigenvalue weighted by Crippen LogP contribution is -1.95. The Labute approximate surface area is 77.5 Å². The molecule has 4 heteroatoms. The molecule has 0 aliphatic heterocycles. The first-order valence-electron chi connectivity index (χ1n) is 3.56. The van der Waals surface area contributed by atoms with E-state index >= 15 is 0 Å². The highest BCUT2D eigenvalue weighted by Gasteiger charge is 2.04. The molecule has 0 saturated heterocycles. The SMILES string of the molecule is O=c1ccc2cc(Cl)cc(F)c2o1. The lowest BCUT2D eigenvalue weighted by molar-refractivity contribution is 0.524. The van der Waals surface area contributed by atoms with Crippen molar-refractivity contribution in [2.45, 2.75) is 0 Å². The lowest BCUT2D eigenvalue weighted by Gasteiger charge is -1.97. The van der Waals surface area contributed by atoms with E-state index in [2.05, 4.69) is 4.42 Å². The van der Waals surface area contributed by atoms with Crippen molar-refractivity contribution in [1.29, 1.82) is 0 Å².